The van der Waals surface area contributed by atoms with Crippen molar-refractivity contribution in [2.24, 2.45) is 0 Å². The maximum absolute atomic E-state index is 13.9. The van der Waals surface area contributed by atoms with Crippen LogP contribution < -0.4 is 5.56 Å². The standard InChI is InChI=1S/C31H45F3N4O2/c1-4-15-36(37-18-20-40-21-19-37)16-11-9-7-6-8-10-12-17-38-26(5-2)23(3)29-27(38)14-13-25-30(29)24(31(32,33)34)22-28(39)35-25/h13-14,22H,4-12,15-21H2,1-3H3,(H,35,39). The number of aromatic nitrogens is 2. The van der Waals surface area contributed by atoms with Gasteiger partial charge >= 0.3 is 6.18 Å². The molecule has 0 atom stereocenters. The number of morpholine rings is 1. The Morgan fingerprint density at radius 2 is 1.62 bits per heavy atom. The van der Waals surface area contributed by atoms with Gasteiger partial charge in [-0.15, -0.1) is 0 Å². The molecule has 3 aromatic rings. The highest BCUT2D eigenvalue weighted by Crippen LogP contribution is 2.39. The van der Waals surface area contributed by atoms with E-state index in [0.29, 0.717) is 11.5 Å². The van der Waals surface area contributed by atoms with Crippen LogP contribution in [0, 0.1) is 6.92 Å². The zero-order valence-corrected chi connectivity index (χ0v) is 24.3. The second-order valence-electron chi connectivity index (χ2n) is 11.0. The van der Waals surface area contributed by atoms with Gasteiger partial charge < -0.3 is 14.3 Å². The summed E-state index contributed by atoms with van der Waals surface area (Å²) in [4.78, 5) is 14.5. The Kier molecular flexibility index (Phi) is 10.7. The average Bonchev–Trinajstić information content (AvgIpc) is 3.21. The van der Waals surface area contributed by atoms with E-state index in [1.807, 2.05) is 19.9 Å². The summed E-state index contributed by atoms with van der Waals surface area (Å²) in [6, 6.07) is 4.16. The first-order chi connectivity index (χ1) is 19.3. The predicted molar refractivity (Wildman–Crippen MR) is 156 cm³/mol. The summed E-state index contributed by atoms with van der Waals surface area (Å²) in [5.41, 5.74) is 1.40. The Labute approximate surface area is 235 Å². The molecule has 0 bridgehead atoms. The molecule has 1 aliphatic heterocycles. The van der Waals surface area contributed by atoms with Crippen LogP contribution in [-0.2, 0) is 23.9 Å². The number of H-pyrrole nitrogens is 1. The maximum Gasteiger partial charge on any atom is 0.417 e. The average molecular weight is 563 g/mol. The Bertz CT molecular complexity index is 1310. The van der Waals surface area contributed by atoms with Crippen LogP contribution in [0.2, 0.25) is 0 Å². The second-order valence-corrected chi connectivity index (χ2v) is 11.0. The van der Waals surface area contributed by atoms with Crippen LogP contribution in [0.5, 0.6) is 0 Å². The van der Waals surface area contributed by atoms with E-state index in [2.05, 4.69) is 26.5 Å². The van der Waals surface area contributed by atoms with Crippen molar-refractivity contribution >= 4 is 21.8 Å². The summed E-state index contributed by atoms with van der Waals surface area (Å²) in [5, 5.41) is 5.67. The van der Waals surface area contributed by atoms with Gasteiger partial charge in [0.2, 0.25) is 5.56 Å². The molecule has 222 valence electrons. The van der Waals surface area contributed by atoms with Crippen LogP contribution in [0.15, 0.2) is 23.0 Å². The van der Waals surface area contributed by atoms with Crippen molar-refractivity contribution in [2.75, 3.05) is 39.4 Å². The molecule has 1 aliphatic rings. The number of unbranched alkanes of at least 4 members (excludes halogenated alkanes) is 6. The van der Waals surface area contributed by atoms with Gasteiger partial charge in [0.05, 0.1) is 18.8 Å². The third-order valence-electron chi connectivity index (χ3n) is 8.22. The maximum atomic E-state index is 13.9. The largest absolute Gasteiger partial charge is 0.417 e. The Balaban J connectivity index is 1.32. The van der Waals surface area contributed by atoms with Gasteiger partial charge in [0.15, 0.2) is 0 Å². The third kappa shape index (κ3) is 7.09. The molecule has 6 nitrogen and oxygen atoms in total. The zero-order valence-electron chi connectivity index (χ0n) is 24.3. The van der Waals surface area contributed by atoms with Gasteiger partial charge in [-0.2, -0.15) is 13.2 Å². The molecule has 0 unspecified atom stereocenters. The van der Waals surface area contributed by atoms with E-state index in [4.69, 9.17) is 4.74 Å². The molecule has 2 aromatic heterocycles. The van der Waals surface area contributed by atoms with Crippen molar-refractivity contribution in [2.45, 2.75) is 91.3 Å². The number of hydrazine groups is 1. The third-order valence-corrected chi connectivity index (χ3v) is 8.22. The number of alkyl halides is 3. The first kappa shape index (κ1) is 30.6. The molecule has 0 saturated carbocycles. The number of nitrogens with zero attached hydrogens (tertiary/aromatic N) is 3. The number of nitrogens with one attached hydrogen (secondary N) is 1. The molecule has 40 heavy (non-hydrogen) atoms. The fraction of sp³-hybridized carbons (Fsp3) is 0.645. The molecule has 1 fully saturated rings. The summed E-state index contributed by atoms with van der Waals surface area (Å²) in [7, 11) is 0. The molecule has 1 aromatic carbocycles. The number of rotatable bonds is 14. The van der Waals surface area contributed by atoms with Crippen molar-refractivity contribution in [3.05, 3.63) is 45.4 Å². The van der Waals surface area contributed by atoms with Gasteiger partial charge in [-0.05, 0) is 50.3 Å². The highest BCUT2D eigenvalue weighted by Gasteiger charge is 2.34. The van der Waals surface area contributed by atoms with Crippen LogP contribution in [0.3, 0.4) is 0 Å². The molecule has 0 radical (unpaired) electrons. The minimum Gasteiger partial charge on any atom is -0.379 e. The summed E-state index contributed by atoms with van der Waals surface area (Å²) >= 11 is 0. The lowest BCUT2D eigenvalue weighted by molar-refractivity contribution is -0.136. The fourth-order valence-electron chi connectivity index (χ4n) is 6.32. The molecule has 0 spiro atoms. The first-order valence-corrected chi connectivity index (χ1v) is 15.1. The summed E-state index contributed by atoms with van der Waals surface area (Å²) in [6.07, 6.45) is 5.47. The topological polar surface area (TPSA) is 53.5 Å². The monoisotopic (exact) mass is 562 g/mol. The van der Waals surface area contributed by atoms with E-state index in [9.17, 15) is 18.0 Å². The number of aryl methyl sites for hydroxylation is 2. The van der Waals surface area contributed by atoms with Gasteiger partial charge in [0.1, 0.15) is 0 Å². The van der Waals surface area contributed by atoms with E-state index in [1.54, 1.807) is 6.07 Å². The van der Waals surface area contributed by atoms with Crippen LogP contribution in [0.4, 0.5) is 13.2 Å². The lowest BCUT2D eigenvalue weighted by atomic mass is 10.0. The highest BCUT2D eigenvalue weighted by molar-refractivity contribution is 6.09. The molecule has 3 heterocycles. The SMILES string of the molecule is CCCN(CCCCCCCCCn1c(CC)c(C)c2c3c(C(F)(F)F)cc(=O)[nH]c3ccc21)N1CCOCC1. The van der Waals surface area contributed by atoms with Crippen LogP contribution in [-0.4, -0.2) is 59.0 Å². The van der Waals surface area contributed by atoms with E-state index >= 15 is 0 Å². The van der Waals surface area contributed by atoms with Gasteiger partial charge in [-0.1, -0.05) is 46.0 Å². The summed E-state index contributed by atoms with van der Waals surface area (Å²) in [6.45, 7) is 12.8. The molecular weight excluding hydrogens is 517 g/mol. The molecule has 4 rings (SSSR count). The zero-order chi connectivity index (χ0) is 28.7. The quantitative estimate of drug-likeness (QED) is 0.214. The molecule has 1 saturated heterocycles. The van der Waals surface area contributed by atoms with Gasteiger partial charge in [0.25, 0.3) is 0 Å². The Hall–Kier alpha value is -2.36. The number of ether oxygens (including phenoxy) is 1. The van der Waals surface area contributed by atoms with E-state index in [-0.39, 0.29) is 10.9 Å². The molecule has 9 heteroatoms. The van der Waals surface area contributed by atoms with Crippen LogP contribution in [0.1, 0.15) is 82.0 Å². The normalized spacial score (nSPS) is 15.2. The number of benzene rings is 1. The summed E-state index contributed by atoms with van der Waals surface area (Å²) in [5.74, 6) is 0. The lowest BCUT2D eigenvalue weighted by Crippen LogP contribution is -2.49. The number of hydrogen-bond donors (Lipinski definition) is 1. The van der Waals surface area contributed by atoms with Crippen LogP contribution >= 0.6 is 0 Å². The van der Waals surface area contributed by atoms with Crippen molar-refractivity contribution in [3.63, 3.8) is 0 Å². The smallest absolute Gasteiger partial charge is 0.379 e. The number of hydrogen-bond acceptors (Lipinski definition) is 4. The molecule has 1 N–H and O–H groups in total. The van der Waals surface area contributed by atoms with Gasteiger partial charge in [0, 0.05) is 66.3 Å². The number of aromatic amines is 1. The Morgan fingerprint density at radius 1 is 0.950 bits per heavy atom. The minimum atomic E-state index is -4.60. The van der Waals surface area contributed by atoms with E-state index < -0.39 is 17.3 Å². The van der Waals surface area contributed by atoms with Crippen molar-refractivity contribution < 1.29 is 17.9 Å². The van der Waals surface area contributed by atoms with E-state index in [0.717, 1.165) is 88.4 Å². The van der Waals surface area contributed by atoms with E-state index in [1.165, 1.54) is 32.1 Å². The van der Waals surface area contributed by atoms with Crippen LogP contribution in [0.25, 0.3) is 21.8 Å². The van der Waals surface area contributed by atoms with Crippen molar-refractivity contribution in [3.8, 4) is 0 Å². The Morgan fingerprint density at radius 3 is 2.27 bits per heavy atom. The minimum absolute atomic E-state index is 0.0988. The number of fused-ring (bicyclic) bond motifs is 3. The second kappa shape index (κ2) is 14.0. The fourth-order valence-corrected chi connectivity index (χ4v) is 6.32. The number of halogens is 3. The first-order valence-electron chi connectivity index (χ1n) is 15.1. The van der Waals surface area contributed by atoms with Crippen molar-refractivity contribution in [1.82, 2.24) is 19.6 Å². The summed E-state index contributed by atoms with van der Waals surface area (Å²) < 4.78 is 49.5. The van der Waals surface area contributed by atoms with Crippen molar-refractivity contribution in [1.29, 1.82) is 0 Å². The lowest BCUT2D eigenvalue weighted by Gasteiger charge is -2.37. The van der Waals surface area contributed by atoms with Gasteiger partial charge in [-0.3, -0.25) is 4.79 Å². The highest BCUT2D eigenvalue weighted by atomic mass is 19.4. The predicted octanol–water partition coefficient (Wildman–Crippen LogP) is 7.06. The van der Waals surface area contributed by atoms with Gasteiger partial charge in [-0.25, -0.2) is 10.0 Å². The molecular formula is C31H45F3N4O2. The molecule has 0 aliphatic carbocycles. The molecule has 0 amide bonds. The number of pyridine rings is 1.